The van der Waals surface area contributed by atoms with Gasteiger partial charge in [0, 0.05) is 6.26 Å². The third kappa shape index (κ3) is 3.03. The number of hydrogen-bond donors (Lipinski definition) is 1. The van der Waals surface area contributed by atoms with E-state index in [-0.39, 0.29) is 6.54 Å². The first-order valence-corrected chi connectivity index (χ1v) is 5.56. The molecule has 14 heavy (non-hydrogen) atoms. The van der Waals surface area contributed by atoms with Crippen molar-refractivity contribution in [2.24, 2.45) is 0 Å². The molecule has 0 fully saturated rings. The maximum Gasteiger partial charge on any atom is 0.467 e. The van der Waals surface area contributed by atoms with Crippen LogP contribution in [0.4, 0.5) is 0 Å². The fraction of sp³-hybridized carbons (Fsp3) is 0.286. The van der Waals surface area contributed by atoms with Crippen molar-refractivity contribution >= 4 is 22.6 Å². The minimum Gasteiger partial charge on any atom is -0.306 e. The molecule has 5 nitrogen and oxygen atoms in total. The predicted octanol–water partition coefficient (Wildman–Crippen LogP) is 1.03. The maximum atomic E-state index is 9.18. The van der Waals surface area contributed by atoms with Gasteiger partial charge < -0.3 is 4.55 Å². The van der Waals surface area contributed by atoms with E-state index in [4.69, 9.17) is 16.9 Å². The largest absolute Gasteiger partial charge is 0.467 e. The zero-order valence-electron chi connectivity index (χ0n) is 7.38. The molecular formula is C7H8ClN4OS+. The van der Waals surface area contributed by atoms with Gasteiger partial charge in [0.15, 0.2) is 17.0 Å². The van der Waals surface area contributed by atoms with Gasteiger partial charge in [-0.2, -0.15) is 0 Å². The zero-order valence-corrected chi connectivity index (χ0v) is 8.96. The van der Waals surface area contributed by atoms with Gasteiger partial charge in [0.05, 0.1) is 0 Å². The second kappa shape index (κ2) is 5.00. The average Bonchev–Trinajstić information content (AvgIpc) is 2.16. The van der Waals surface area contributed by atoms with Gasteiger partial charge >= 0.3 is 6.19 Å². The Morgan fingerprint density at radius 1 is 1.64 bits per heavy atom. The quantitative estimate of drug-likeness (QED) is 0.469. The molecule has 0 saturated heterocycles. The SMILES string of the molecule is CS(O)=[N+](C#N)Cc1ccc(Cl)nn1. The van der Waals surface area contributed by atoms with Crippen LogP contribution >= 0.6 is 11.6 Å². The average molecular weight is 232 g/mol. The molecule has 1 heterocycles. The summed E-state index contributed by atoms with van der Waals surface area (Å²) in [5.41, 5.74) is 0.587. The van der Waals surface area contributed by atoms with Gasteiger partial charge in [0.1, 0.15) is 16.7 Å². The lowest BCUT2D eigenvalue weighted by atomic mass is 10.4. The van der Waals surface area contributed by atoms with E-state index >= 15 is 0 Å². The second-order valence-corrected chi connectivity index (χ2v) is 4.15. The summed E-state index contributed by atoms with van der Waals surface area (Å²) in [6, 6.07) is 3.25. The highest BCUT2D eigenvalue weighted by atomic mass is 35.5. The lowest BCUT2D eigenvalue weighted by Gasteiger charge is -1.97. The fourth-order valence-corrected chi connectivity index (χ4v) is 1.30. The van der Waals surface area contributed by atoms with Crippen LogP contribution in [0.3, 0.4) is 0 Å². The highest BCUT2D eigenvalue weighted by Crippen LogP contribution is 2.03. The molecule has 7 heteroatoms. The Morgan fingerprint density at radius 3 is 2.79 bits per heavy atom. The van der Waals surface area contributed by atoms with Gasteiger partial charge in [-0.3, -0.25) is 0 Å². The Labute approximate surface area is 88.9 Å². The van der Waals surface area contributed by atoms with Crippen molar-refractivity contribution in [3.05, 3.63) is 23.0 Å². The molecule has 0 aliphatic rings. The molecule has 1 unspecified atom stereocenters. The molecule has 1 atom stereocenters. The van der Waals surface area contributed by atoms with Crippen LogP contribution < -0.4 is 0 Å². The van der Waals surface area contributed by atoms with Crippen LogP contribution in [0.1, 0.15) is 5.69 Å². The van der Waals surface area contributed by atoms with Crippen LogP contribution in [0.2, 0.25) is 5.15 Å². The normalized spacial score (nSPS) is 13.1. The molecule has 0 bridgehead atoms. The van der Waals surface area contributed by atoms with Crippen molar-refractivity contribution in [1.82, 2.24) is 10.2 Å². The number of nitriles is 1. The lowest BCUT2D eigenvalue weighted by Crippen LogP contribution is -2.10. The molecule has 1 N–H and O–H groups in total. The molecule has 0 saturated carbocycles. The van der Waals surface area contributed by atoms with Gasteiger partial charge in [-0.25, -0.2) is 0 Å². The number of rotatable bonds is 2. The molecule has 1 aromatic rings. The minimum atomic E-state index is -1.09. The van der Waals surface area contributed by atoms with Gasteiger partial charge in [-0.1, -0.05) is 11.6 Å². The summed E-state index contributed by atoms with van der Waals surface area (Å²) < 4.78 is 10.4. The van der Waals surface area contributed by atoms with E-state index in [1.54, 1.807) is 12.1 Å². The number of nitrogens with zero attached hydrogens (tertiary/aromatic N) is 4. The molecule has 0 amide bonds. The number of aromatic nitrogens is 2. The second-order valence-electron chi connectivity index (χ2n) is 2.43. The number of hydrogen-bond acceptors (Lipinski definition) is 3. The van der Waals surface area contributed by atoms with Crippen molar-refractivity contribution in [3.8, 4) is 6.19 Å². The lowest BCUT2D eigenvalue weighted by molar-refractivity contribution is -0.433. The molecule has 0 spiro atoms. The first-order chi connectivity index (χ1) is 6.63. The molecule has 74 valence electrons. The van der Waals surface area contributed by atoms with Crippen LogP contribution in [-0.2, 0) is 17.5 Å². The molecule has 1 aromatic heterocycles. The van der Waals surface area contributed by atoms with Crippen molar-refractivity contribution in [2.45, 2.75) is 6.54 Å². The summed E-state index contributed by atoms with van der Waals surface area (Å²) in [6.45, 7) is 0.233. The predicted molar refractivity (Wildman–Crippen MR) is 52.5 cm³/mol. The van der Waals surface area contributed by atoms with Crippen LogP contribution in [0.5, 0.6) is 0 Å². The monoisotopic (exact) mass is 231 g/mol. The standard InChI is InChI=1S/C7H7ClN4OS/c1-14(13)12(5-9)4-6-2-3-7(8)11-10-6/h2-3H,4H2,1H3/p+1. The Hall–Kier alpha value is -1.03. The smallest absolute Gasteiger partial charge is 0.306 e. The van der Waals surface area contributed by atoms with Crippen LogP contribution in [0, 0.1) is 11.5 Å². The van der Waals surface area contributed by atoms with E-state index in [9.17, 15) is 4.55 Å². The van der Waals surface area contributed by atoms with Crippen LogP contribution in [-0.4, -0.2) is 25.0 Å². The van der Waals surface area contributed by atoms with Gasteiger partial charge in [-0.05, 0) is 12.1 Å². The summed E-state index contributed by atoms with van der Waals surface area (Å²) in [7, 11) is -1.09. The Kier molecular flexibility index (Phi) is 3.95. The highest BCUT2D eigenvalue weighted by molar-refractivity contribution is 7.78. The molecule has 0 aliphatic heterocycles. The molecule has 0 aliphatic carbocycles. The molecule has 0 radical (unpaired) electrons. The number of halogens is 1. The highest BCUT2D eigenvalue weighted by Gasteiger charge is 2.07. The third-order valence-corrected chi connectivity index (χ3v) is 2.47. The fourth-order valence-electron chi connectivity index (χ4n) is 0.763. The van der Waals surface area contributed by atoms with Crippen molar-refractivity contribution in [3.63, 3.8) is 0 Å². The van der Waals surface area contributed by atoms with E-state index in [1.807, 2.05) is 6.19 Å². The minimum absolute atomic E-state index is 0.233. The summed E-state index contributed by atoms with van der Waals surface area (Å²) >= 11 is 5.54. The van der Waals surface area contributed by atoms with Crippen molar-refractivity contribution in [2.75, 3.05) is 6.26 Å². The van der Waals surface area contributed by atoms with Gasteiger partial charge in [0.2, 0.25) is 0 Å². The van der Waals surface area contributed by atoms with E-state index in [2.05, 4.69) is 10.2 Å². The van der Waals surface area contributed by atoms with Crippen LogP contribution in [0.25, 0.3) is 0 Å². The topological polar surface area (TPSA) is 72.8 Å². The van der Waals surface area contributed by atoms with Crippen molar-refractivity contribution in [1.29, 1.82) is 5.26 Å². The Morgan fingerprint density at radius 2 is 2.36 bits per heavy atom. The summed E-state index contributed by atoms with van der Waals surface area (Å²) in [4.78, 5) is 0. The molecule has 1 rings (SSSR count). The first kappa shape index (κ1) is 11.0. The Balaban J connectivity index is 2.85. The van der Waals surface area contributed by atoms with E-state index in [1.165, 1.54) is 10.2 Å². The van der Waals surface area contributed by atoms with Gasteiger partial charge in [-0.15, -0.1) is 14.1 Å². The third-order valence-electron chi connectivity index (χ3n) is 1.42. The van der Waals surface area contributed by atoms with E-state index in [0.717, 1.165) is 0 Å². The summed E-state index contributed by atoms with van der Waals surface area (Å²) in [5.74, 6) is 0. The summed E-state index contributed by atoms with van der Waals surface area (Å²) in [6.07, 6.45) is 3.39. The van der Waals surface area contributed by atoms with Crippen LogP contribution in [0.15, 0.2) is 12.1 Å². The molecular weight excluding hydrogens is 224 g/mol. The summed E-state index contributed by atoms with van der Waals surface area (Å²) in [5, 5.41) is 16.4. The maximum absolute atomic E-state index is 9.18. The first-order valence-electron chi connectivity index (χ1n) is 3.64. The Bertz CT molecular complexity index is 393. The zero-order chi connectivity index (χ0) is 10.6. The van der Waals surface area contributed by atoms with Gasteiger partial charge in [0.25, 0.3) is 0 Å². The van der Waals surface area contributed by atoms with E-state index < -0.39 is 11.0 Å². The van der Waals surface area contributed by atoms with Crippen molar-refractivity contribution < 1.29 is 8.50 Å². The van der Waals surface area contributed by atoms with E-state index in [0.29, 0.717) is 10.8 Å². The molecule has 0 aromatic carbocycles.